The van der Waals surface area contributed by atoms with Gasteiger partial charge in [-0.15, -0.1) is 0 Å². The van der Waals surface area contributed by atoms with E-state index in [1.807, 2.05) is 0 Å². The van der Waals surface area contributed by atoms with Crippen molar-refractivity contribution in [2.75, 3.05) is 44.2 Å². The summed E-state index contributed by atoms with van der Waals surface area (Å²) in [7, 11) is 0. The lowest BCUT2D eigenvalue weighted by molar-refractivity contribution is -0.134. The Morgan fingerprint density at radius 1 is 0.722 bits per heavy atom. The monoisotopic (exact) mass is 501 g/mol. The Kier molecular flexibility index (Phi) is 13.6. The Hall–Kier alpha value is -4.22. The maximum absolute atomic E-state index is 9.55. The Balaban J connectivity index is 0.000000337. The molecule has 0 aromatic heterocycles. The minimum atomic E-state index is -1.26. The van der Waals surface area contributed by atoms with Crippen molar-refractivity contribution in [3.8, 4) is 0 Å². The summed E-state index contributed by atoms with van der Waals surface area (Å²) < 4.78 is 0. The number of nitrogens with two attached hydrogens (primary N) is 1. The van der Waals surface area contributed by atoms with Gasteiger partial charge < -0.3 is 31.1 Å². The van der Waals surface area contributed by atoms with E-state index in [2.05, 4.69) is 52.3 Å². The smallest absolute Gasteiger partial charge is 0.328 e. The van der Waals surface area contributed by atoms with E-state index in [-0.39, 0.29) is 0 Å². The summed E-state index contributed by atoms with van der Waals surface area (Å²) in [4.78, 5) is 43.2. The van der Waals surface area contributed by atoms with Crippen LogP contribution in [0.3, 0.4) is 0 Å². The number of aliphatic carboxylic acids is 4. The van der Waals surface area contributed by atoms with Crippen molar-refractivity contribution in [3.63, 3.8) is 0 Å². The topological polar surface area (TPSA) is 182 Å². The van der Waals surface area contributed by atoms with Crippen molar-refractivity contribution >= 4 is 40.3 Å². The molecule has 1 fully saturated rings. The molecule has 1 saturated heterocycles. The van der Waals surface area contributed by atoms with E-state index in [4.69, 9.17) is 26.2 Å². The summed E-state index contributed by atoms with van der Waals surface area (Å²) in [5, 5.41) is 33.9. The lowest BCUT2D eigenvalue weighted by Crippen LogP contribution is -2.46. The van der Waals surface area contributed by atoms with Crippen LogP contribution in [-0.2, 0) is 19.2 Å². The molecule has 0 radical (unpaired) electrons. The van der Waals surface area contributed by atoms with Crippen LogP contribution in [0, 0.1) is 0 Å². The molecule has 1 aliphatic heterocycles. The van der Waals surface area contributed by atoms with Crippen LogP contribution in [0.5, 0.6) is 0 Å². The first-order valence-corrected chi connectivity index (χ1v) is 11.1. The zero-order valence-electron chi connectivity index (χ0n) is 19.7. The summed E-state index contributed by atoms with van der Waals surface area (Å²) >= 11 is 0. The summed E-state index contributed by atoms with van der Waals surface area (Å²) in [5.74, 6) is -5.03. The lowest BCUT2D eigenvalue weighted by atomic mass is 10.1. The van der Waals surface area contributed by atoms with Crippen LogP contribution in [0.2, 0.25) is 0 Å². The molecule has 0 saturated carbocycles. The highest BCUT2D eigenvalue weighted by molar-refractivity contribution is 5.90. The molecule has 194 valence electrons. The van der Waals surface area contributed by atoms with Gasteiger partial charge in [-0.05, 0) is 42.4 Å². The lowest BCUT2D eigenvalue weighted by Gasteiger charge is -2.36. The fourth-order valence-corrected chi connectivity index (χ4v) is 3.20. The predicted octanol–water partition coefficient (Wildman–Crippen LogP) is 1.73. The second-order valence-electron chi connectivity index (χ2n) is 7.52. The SMILES string of the molecule is NCCCN1CCN(c2ccc3ccccc3c2)CC1.O=C(O)/C=C/C(=O)O.O=C(O)/C=C/C(=O)O. The van der Waals surface area contributed by atoms with E-state index in [0.717, 1.165) is 45.7 Å². The maximum atomic E-state index is 9.55. The molecular weight excluding hydrogens is 470 g/mol. The average molecular weight is 502 g/mol. The number of carboxylic acids is 4. The van der Waals surface area contributed by atoms with E-state index in [1.165, 1.54) is 16.5 Å². The number of carbonyl (C=O) groups is 4. The number of hydrogen-bond donors (Lipinski definition) is 5. The Bertz CT molecular complexity index is 1010. The van der Waals surface area contributed by atoms with Gasteiger partial charge in [-0.25, -0.2) is 19.2 Å². The molecular formula is C25H31N3O8. The van der Waals surface area contributed by atoms with Gasteiger partial charge in [0.2, 0.25) is 0 Å². The quantitative estimate of drug-likeness (QED) is 0.332. The van der Waals surface area contributed by atoms with E-state index in [0.29, 0.717) is 24.3 Å². The maximum Gasteiger partial charge on any atom is 0.328 e. The number of fused-ring (bicyclic) bond motifs is 1. The molecule has 1 heterocycles. The third-order valence-corrected chi connectivity index (χ3v) is 4.89. The molecule has 0 atom stereocenters. The van der Waals surface area contributed by atoms with E-state index in [9.17, 15) is 19.2 Å². The molecule has 2 aromatic rings. The number of carboxylic acid groups (broad SMARTS) is 4. The molecule has 36 heavy (non-hydrogen) atoms. The number of anilines is 1. The van der Waals surface area contributed by atoms with Gasteiger partial charge in [0.05, 0.1) is 0 Å². The predicted molar refractivity (Wildman–Crippen MR) is 135 cm³/mol. The second kappa shape index (κ2) is 16.4. The van der Waals surface area contributed by atoms with Crippen LogP contribution >= 0.6 is 0 Å². The van der Waals surface area contributed by atoms with Crippen LogP contribution in [0.15, 0.2) is 66.8 Å². The van der Waals surface area contributed by atoms with Crippen molar-refractivity contribution in [3.05, 3.63) is 66.8 Å². The Morgan fingerprint density at radius 2 is 1.19 bits per heavy atom. The summed E-state index contributed by atoms with van der Waals surface area (Å²) in [6.45, 7) is 6.46. The number of hydrogen-bond acceptors (Lipinski definition) is 7. The van der Waals surface area contributed by atoms with Crippen molar-refractivity contribution in [1.82, 2.24) is 4.90 Å². The number of nitrogens with zero attached hydrogens (tertiary/aromatic N) is 2. The van der Waals surface area contributed by atoms with Gasteiger partial charge in [0, 0.05) is 56.2 Å². The van der Waals surface area contributed by atoms with Gasteiger partial charge in [0.15, 0.2) is 0 Å². The first-order valence-electron chi connectivity index (χ1n) is 11.1. The summed E-state index contributed by atoms with van der Waals surface area (Å²) in [6.07, 6.45) is 3.34. The highest BCUT2D eigenvalue weighted by Crippen LogP contribution is 2.23. The van der Waals surface area contributed by atoms with Crippen molar-refractivity contribution in [2.24, 2.45) is 5.73 Å². The first-order chi connectivity index (χ1) is 17.1. The minimum Gasteiger partial charge on any atom is -0.478 e. The highest BCUT2D eigenvalue weighted by atomic mass is 16.4. The fraction of sp³-hybridized carbons (Fsp3) is 0.280. The van der Waals surface area contributed by atoms with E-state index in [1.54, 1.807) is 0 Å². The molecule has 0 bridgehead atoms. The first kappa shape index (κ1) is 29.8. The van der Waals surface area contributed by atoms with Gasteiger partial charge in [-0.1, -0.05) is 30.3 Å². The zero-order chi connectivity index (χ0) is 26.9. The molecule has 3 rings (SSSR count). The number of rotatable bonds is 8. The normalized spacial score (nSPS) is 13.5. The second-order valence-corrected chi connectivity index (χ2v) is 7.52. The molecule has 0 aliphatic carbocycles. The Labute approximate surface area is 208 Å². The van der Waals surface area contributed by atoms with E-state index < -0.39 is 23.9 Å². The summed E-state index contributed by atoms with van der Waals surface area (Å²) in [6, 6.07) is 15.4. The number of benzene rings is 2. The molecule has 6 N–H and O–H groups in total. The van der Waals surface area contributed by atoms with Crippen LogP contribution in [0.4, 0.5) is 5.69 Å². The van der Waals surface area contributed by atoms with Crippen LogP contribution in [0.1, 0.15) is 6.42 Å². The Morgan fingerprint density at radius 3 is 1.64 bits per heavy atom. The zero-order valence-corrected chi connectivity index (χ0v) is 19.7. The molecule has 1 aliphatic rings. The van der Waals surface area contributed by atoms with Gasteiger partial charge >= 0.3 is 23.9 Å². The van der Waals surface area contributed by atoms with Gasteiger partial charge in [-0.2, -0.15) is 0 Å². The van der Waals surface area contributed by atoms with Crippen molar-refractivity contribution < 1.29 is 39.6 Å². The van der Waals surface area contributed by atoms with Crippen LogP contribution in [0.25, 0.3) is 10.8 Å². The molecule has 0 amide bonds. The third kappa shape index (κ3) is 12.9. The van der Waals surface area contributed by atoms with Crippen molar-refractivity contribution in [2.45, 2.75) is 6.42 Å². The van der Waals surface area contributed by atoms with Crippen LogP contribution in [-0.4, -0.2) is 88.5 Å². The molecule has 0 unspecified atom stereocenters. The molecule has 2 aromatic carbocycles. The van der Waals surface area contributed by atoms with Gasteiger partial charge in [-0.3, -0.25) is 4.90 Å². The van der Waals surface area contributed by atoms with Crippen molar-refractivity contribution in [1.29, 1.82) is 0 Å². The fourth-order valence-electron chi connectivity index (χ4n) is 3.20. The minimum absolute atomic E-state index is 0.558. The van der Waals surface area contributed by atoms with Crippen LogP contribution < -0.4 is 10.6 Å². The standard InChI is InChI=1S/C17H23N3.2C4H4O4/c18-8-3-9-19-10-12-20(13-11-19)17-7-6-15-4-1-2-5-16(15)14-17;2*5-3(6)1-2-4(7)8/h1-2,4-7,14H,3,8-13,18H2;2*1-2H,(H,5,6)(H,7,8)/b;2*2-1+. The van der Waals surface area contributed by atoms with E-state index >= 15 is 0 Å². The highest BCUT2D eigenvalue weighted by Gasteiger charge is 2.16. The third-order valence-electron chi connectivity index (χ3n) is 4.89. The summed E-state index contributed by atoms with van der Waals surface area (Å²) in [5.41, 5.74) is 6.93. The number of piperazine rings is 1. The molecule has 11 nitrogen and oxygen atoms in total. The average Bonchev–Trinajstić information content (AvgIpc) is 2.86. The van der Waals surface area contributed by atoms with Gasteiger partial charge in [0.1, 0.15) is 0 Å². The molecule has 11 heteroatoms. The largest absolute Gasteiger partial charge is 0.478 e. The van der Waals surface area contributed by atoms with Gasteiger partial charge in [0.25, 0.3) is 0 Å². The molecule has 0 spiro atoms.